The minimum atomic E-state index is 0.224. The molecule has 2 heterocycles. The van der Waals surface area contributed by atoms with Crippen LogP contribution in [-0.4, -0.2) is 45.9 Å². The lowest BCUT2D eigenvalue weighted by Gasteiger charge is -2.43. The summed E-state index contributed by atoms with van der Waals surface area (Å²) in [6.07, 6.45) is 8.97. The quantitative estimate of drug-likeness (QED) is 0.871. The van der Waals surface area contributed by atoms with E-state index < -0.39 is 0 Å². The monoisotopic (exact) mass is 325 g/mol. The molecule has 0 N–H and O–H groups in total. The minimum Gasteiger partial charge on any atom is -0.374 e. The maximum atomic E-state index is 12.8. The number of benzene rings is 1. The van der Waals surface area contributed by atoms with Crippen molar-refractivity contribution >= 4 is 5.91 Å². The summed E-state index contributed by atoms with van der Waals surface area (Å²) in [5, 5.41) is 4.22. The van der Waals surface area contributed by atoms with Gasteiger partial charge in [0.05, 0.1) is 30.9 Å². The SMILES string of the molecule is O=C(Cc1ccc(-n2cccn2)cc1)N1CCOC2CCCCC21. The Hall–Kier alpha value is -2.14. The van der Waals surface area contributed by atoms with Gasteiger partial charge in [-0.3, -0.25) is 4.79 Å². The van der Waals surface area contributed by atoms with Crippen molar-refractivity contribution in [2.45, 2.75) is 44.2 Å². The summed E-state index contributed by atoms with van der Waals surface area (Å²) < 4.78 is 7.69. The Bertz CT molecular complexity index is 679. The van der Waals surface area contributed by atoms with E-state index in [1.54, 1.807) is 6.20 Å². The highest BCUT2D eigenvalue weighted by Crippen LogP contribution is 2.28. The molecule has 1 saturated heterocycles. The van der Waals surface area contributed by atoms with Crippen LogP contribution in [-0.2, 0) is 16.0 Å². The molecule has 2 fully saturated rings. The van der Waals surface area contributed by atoms with E-state index >= 15 is 0 Å². The third-order valence-corrected chi connectivity index (χ3v) is 5.11. The minimum absolute atomic E-state index is 0.224. The van der Waals surface area contributed by atoms with E-state index in [4.69, 9.17) is 4.74 Å². The van der Waals surface area contributed by atoms with Crippen LogP contribution in [0.4, 0.5) is 0 Å². The fourth-order valence-corrected chi connectivity index (χ4v) is 3.87. The summed E-state index contributed by atoms with van der Waals surface area (Å²) >= 11 is 0. The number of aromatic nitrogens is 2. The normalized spacial score (nSPS) is 23.8. The van der Waals surface area contributed by atoms with E-state index in [0.29, 0.717) is 13.0 Å². The van der Waals surface area contributed by atoms with Crippen LogP contribution >= 0.6 is 0 Å². The maximum Gasteiger partial charge on any atom is 0.227 e. The Balaban J connectivity index is 1.43. The Morgan fingerprint density at radius 2 is 2.04 bits per heavy atom. The number of rotatable bonds is 3. The third-order valence-electron chi connectivity index (χ3n) is 5.11. The van der Waals surface area contributed by atoms with Crippen molar-refractivity contribution in [3.63, 3.8) is 0 Å². The van der Waals surface area contributed by atoms with E-state index in [2.05, 4.69) is 10.00 Å². The molecule has 4 rings (SSSR count). The molecule has 1 saturated carbocycles. The molecule has 1 amide bonds. The van der Waals surface area contributed by atoms with Crippen LogP contribution < -0.4 is 0 Å². The standard InChI is InChI=1S/C19H23N3O2/c23-19(21-12-13-24-18-5-2-1-4-17(18)21)14-15-6-8-16(9-7-15)22-11-3-10-20-22/h3,6-11,17-18H,1-2,4-5,12-14H2. The van der Waals surface area contributed by atoms with Crippen LogP contribution in [0.15, 0.2) is 42.7 Å². The molecule has 2 aromatic rings. The molecule has 1 aromatic heterocycles. The second kappa shape index (κ2) is 6.77. The third kappa shape index (κ3) is 3.08. The van der Waals surface area contributed by atoms with Gasteiger partial charge in [0.2, 0.25) is 5.91 Å². The molecule has 2 atom stereocenters. The Labute approximate surface area is 142 Å². The summed E-state index contributed by atoms with van der Waals surface area (Å²) in [5.74, 6) is 0.224. The van der Waals surface area contributed by atoms with Gasteiger partial charge in [0.15, 0.2) is 0 Å². The Morgan fingerprint density at radius 1 is 1.21 bits per heavy atom. The van der Waals surface area contributed by atoms with Crippen LogP contribution in [0, 0.1) is 0 Å². The summed E-state index contributed by atoms with van der Waals surface area (Å²) in [7, 11) is 0. The summed E-state index contributed by atoms with van der Waals surface area (Å²) in [6, 6.07) is 10.2. The fraction of sp³-hybridized carbons (Fsp3) is 0.474. The van der Waals surface area contributed by atoms with Crippen LogP contribution in [0.2, 0.25) is 0 Å². The van der Waals surface area contributed by atoms with E-state index in [-0.39, 0.29) is 18.1 Å². The first-order valence-corrected chi connectivity index (χ1v) is 8.81. The molecule has 1 aromatic carbocycles. The van der Waals surface area contributed by atoms with Gasteiger partial charge >= 0.3 is 0 Å². The van der Waals surface area contributed by atoms with Gasteiger partial charge in [0.1, 0.15) is 0 Å². The second-order valence-electron chi connectivity index (χ2n) is 6.64. The molecule has 2 unspecified atom stereocenters. The van der Waals surface area contributed by atoms with Crippen LogP contribution in [0.1, 0.15) is 31.2 Å². The first kappa shape index (κ1) is 15.4. The summed E-state index contributed by atoms with van der Waals surface area (Å²) in [4.78, 5) is 14.9. The molecule has 1 aliphatic heterocycles. The van der Waals surface area contributed by atoms with Crippen molar-refractivity contribution in [2.24, 2.45) is 0 Å². The van der Waals surface area contributed by atoms with Crippen molar-refractivity contribution in [2.75, 3.05) is 13.2 Å². The van der Waals surface area contributed by atoms with E-state index in [0.717, 1.165) is 30.6 Å². The molecule has 5 nitrogen and oxygen atoms in total. The predicted octanol–water partition coefficient (Wildman–Crippen LogP) is 2.58. The summed E-state index contributed by atoms with van der Waals surface area (Å²) in [6.45, 7) is 1.40. The van der Waals surface area contributed by atoms with Crippen LogP contribution in [0.3, 0.4) is 0 Å². The molecule has 0 spiro atoms. The highest BCUT2D eigenvalue weighted by Gasteiger charge is 2.36. The zero-order valence-corrected chi connectivity index (χ0v) is 13.8. The van der Waals surface area contributed by atoms with Gasteiger partial charge in [0, 0.05) is 18.9 Å². The van der Waals surface area contributed by atoms with Crippen molar-refractivity contribution in [1.82, 2.24) is 14.7 Å². The second-order valence-corrected chi connectivity index (χ2v) is 6.64. The number of fused-ring (bicyclic) bond motifs is 1. The predicted molar refractivity (Wildman–Crippen MR) is 91.0 cm³/mol. The van der Waals surface area contributed by atoms with Gasteiger partial charge in [-0.05, 0) is 36.6 Å². The topological polar surface area (TPSA) is 47.4 Å². The molecule has 0 radical (unpaired) electrons. The molecule has 0 bridgehead atoms. The van der Waals surface area contributed by atoms with Crippen molar-refractivity contribution in [1.29, 1.82) is 0 Å². The van der Waals surface area contributed by atoms with E-state index in [1.807, 2.05) is 41.2 Å². The number of carbonyl (C=O) groups is 1. The number of ether oxygens (including phenoxy) is 1. The van der Waals surface area contributed by atoms with Crippen molar-refractivity contribution in [3.8, 4) is 5.69 Å². The van der Waals surface area contributed by atoms with Crippen LogP contribution in [0.5, 0.6) is 0 Å². The van der Waals surface area contributed by atoms with Crippen molar-refractivity contribution < 1.29 is 9.53 Å². The van der Waals surface area contributed by atoms with Gasteiger partial charge in [-0.2, -0.15) is 5.10 Å². The number of carbonyl (C=O) groups excluding carboxylic acids is 1. The maximum absolute atomic E-state index is 12.8. The number of morpholine rings is 1. The Morgan fingerprint density at radius 3 is 2.83 bits per heavy atom. The number of amides is 1. The lowest BCUT2D eigenvalue weighted by Crippen LogP contribution is -2.55. The molecule has 24 heavy (non-hydrogen) atoms. The van der Waals surface area contributed by atoms with Crippen LogP contribution in [0.25, 0.3) is 5.69 Å². The van der Waals surface area contributed by atoms with Crippen molar-refractivity contribution in [3.05, 3.63) is 48.3 Å². The molecular weight excluding hydrogens is 302 g/mol. The highest BCUT2D eigenvalue weighted by atomic mass is 16.5. The molecule has 5 heteroatoms. The average Bonchev–Trinajstić information content (AvgIpc) is 3.16. The number of nitrogens with zero attached hydrogens (tertiary/aromatic N) is 3. The largest absolute Gasteiger partial charge is 0.374 e. The molecule has 1 aliphatic carbocycles. The zero-order chi connectivity index (χ0) is 16.4. The van der Waals surface area contributed by atoms with Gasteiger partial charge < -0.3 is 9.64 Å². The summed E-state index contributed by atoms with van der Waals surface area (Å²) in [5.41, 5.74) is 2.06. The first-order valence-electron chi connectivity index (χ1n) is 8.81. The zero-order valence-electron chi connectivity index (χ0n) is 13.8. The van der Waals surface area contributed by atoms with Gasteiger partial charge in [-0.15, -0.1) is 0 Å². The lowest BCUT2D eigenvalue weighted by atomic mass is 9.90. The van der Waals surface area contributed by atoms with E-state index in [1.165, 1.54) is 12.8 Å². The lowest BCUT2D eigenvalue weighted by molar-refractivity contribution is -0.148. The highest BCUT2D eigenvalue weighted by molar-refractivity contribution is 5.79. The fourth-order valence-electron chi connectivity index (χ4n) is 3.87. The average molecular weight is 325 g/mol. The molecular formula is C19H23N3O2. The first-order chi connectivity index (χ1) is 11.8. The molecule has 2 aliphatic rings. The smallest absolute Gasteiger partial charge is 0.227 e. The molecule has 126 valence electrons. The van der Waals surface area contributed by atoms with Gasteiger partial charge in [-0.1, -0.05) is 25.0 Å². The number of hydrogen-bond donors (Lipinski definition) is 0. The van der Waals surface area contributed by atoms with Gasteiger partial charge in [0.25, 0.3) is 0 Å². The van der Waals surface area contributed by atoms with E-state index in [9.17, 15) is 4.79 Å². The number of hydrogen-bond acceptors (Lipinski definition) is 3. The Kier molecular flexibility index (Phi) is 4.34. The van der Waals surface area contributed by atoms with Gasteiger partial charge in [-0.25, -0.2) is 4.68 Å².